The third kappa shape index (κ3) is 2.86. The van der Waals surface area contributed by atoms with E-state index in [1.807, 2.05) is 17.5 Å². The summed E-state index contributed by atoms with van der Waals surface area (Å²) in [5, 5.41) is 8.22. The molecule has 1 aliphatic heterocycles. The van der Waals surface area contributed by atoms with Gasteiger partial charge >= 0.3 is 0 Å². The van der Waals surface area contributed by atoms with Crippen LogP contribution in [-0.4, -0.2) is 31.7 Å². The number of rotatable bonds is 4. The Morgan fingerprint density at radius 2 is 2.35 bits per heavy atom. The molecule has 94 valence electrons. The number of hydrogen-bond acceptors (Lipinski definition) is 4. The Morgan fingerprint density at radius 3 is 2.94 bits per heavy atom. The molecule has 0 spiro atoms. The molecule has 0 aliphatic carbocycles. The number of piperidine rings is 1. The lowest BCUT2D eigenvalue weighted by Gasteiger charge is -2.34. The molecule has 1 saturated heterocycles. The summed E-state index contributed by atoms with van der Waals surface area (Å²) in [4.78, 5) is 13.4. The van der Waals surface area contributed by atoms with Gasteiger partial charge in [0.05, 0.1) is 6.54 Å². The summed E-state index contributed by atoms with van der Waals surface area (Å²) in [5.41, 5.74) is -0.636. The minimum atomic E-state index is -0.636. The molecule has 2 N–H and O–H groups in total. The summed E-state index contributed by atoms with van der Waals surface area (Å²) in [6.45, 7) is 2.26. The van der Waals surface area contributed by atoms with Crippen molar-refractivity contribution in [1.29, 1.82) is 0 Å². The second-order valence-corrected chi connectivity index (χ2v) is 5.24. The van der Waals surface area contributed by atoms with Gasteiger partial charge in [-0.25, -0.2) is 0 Å². The Kier molecular flexibility index (Phi) is 4.15. The lowest BCUT2D eigenvalue weighted by Crippen LogP contribution is -2.53. The van der Waals surface area contributed by atoms with Crippen molar-refractivity contribution in [3.63, 3.8) is 0 Å². The van der Waals surface area contributed by atoms with Gasteiger partial charge in [0.15, 0.2) is 0 Å². The summed E-state index contributed by atoms with van der Waals surface area (Å²) in [6.07, 6.45) is 1.47. The number of thiophene rings is 1. The molecule has 0 saturated carbocycles. The first-order valence-electron chi connectivity index (χ1n) is 5.83. The van der Waals surface area contributed by atoms with Crippen molar-refractivity contribution in [3.05, 3.63) is 22.4 Å². The van der Waals surface area contributed by atoms with E-state index >= 15 is 0 Å². The Bertz CT molecular complexity index is 359. The molecule has 0 unspecified atom stereocenters. The first-order valence-corrected chi connectivity index (χ1v) is 6.71. The van der Waals surface area contributed by atoms with Crippen molar-refractivity contribution in [2.75, 3.05) is 20.2 Å². The molecular weight excluding hydrogens is 236 g/mol. The van der Waals surface area contributed by atoms with Gasteiger partial charge < -0.3 is 15.4 Å². The van der Waals surface area contributed by atoms with Crippen LogP contribution in [0.1, 0.15) is 17.7 Å². The smallest absolute Gasteiger partial charge is 0.252 e. The second kappa shape index (κ2) is 5.62. The maximum atomic E-state index is 12.2. The number of carbonyl (C=O) groups is 1. The van der Waals surface area contributed by atoms with Crippen LogP contribution in [-0.2, 0) is 16.1 Å². The molecule has 0 aromatic carbocycles. The van der Waals surface area contributed by atoms with Gasteiger partial charge in [0.2, 0.25) is 0 Å². The van der Waals surface area contributed by atoms with Gasteiger partial charge in [-0.05, 0) is 37.4 Å². The Hall–Kier alpha value is -0.910. The van der Waals surface area contributed by atoms with Gasteiger partial charge in [0.1, 0.15) is 5.60 Å². The Labute approximate surface area is 105 Å². The number of amides is 1. The van der Waals surface area contributed by atoms with Crippen molar-refractivity contribution >= 4 is 17.2 Å². The highest BCUT2D eigenvalue weighted by molar-refractivity contribution is 7.09. The molecule has 5 heteroatoms. The first kappa shape index (κ1) is 12.5. The predicted molar refractivity (Wildman–Crippen MR) is 68.0 cm³/mol. The highest BCUT2D eigenvalue weighted by Crippen LogP contribution is 2.22. The van der Waals surface area contributed by atoms with Crippen LogP contribution in [0.5, 0.6) is 0 Å². The van der Waals surface area contributed by atoms with E-state index in [0.717, 1.165) is 25.9 Å². The van der Waals surface area contributed by atoms with Crippen molar-refractivity contribution < 1.29 is 9.53 Å². The zero-order valence-electron chi connectivity index (χ0n) is 9.99. The van der Waals surface area contributed by atoms with Crippen molar-refractivity contribution in [3.8, 4) is 0 Å². The Morgan fingerprint density at radius 1 is 1.59 bits per heavy atom. The molecule has 1 amide bonds. The molecule has 17 heavy (non-hydrogen) atoms. The topological polar surface area (TPSA) is 50.4 Å². The van der Waals surface area contributed by atoms with E-state index in [1.54, 1.807) is 18.4 Å². The van der Waals surface area contributed by atoms with Crippen molar-refractivity contribution in [2.24, 2.45) is 0 Å². The normalized spacial score (nSPS) is 18.9. The molecule has 1 fully saturated rings. The van der Waals surface area contributed by atoms with E-state index in [4.69, 9.17) is 4.74 Å². The lowest BCUT2D eigenvalue weighted by atomic mass is 9.91. The van der Waals surface area contributed by atoms with Crippen LogP contribution in [0.3, 0.4) is 0 Å². The van der Waals surface area contributed by atoms with Crippen LogP contribution >= 0.6 is 11.3 Å². The highest BCUT2D eigenvalue weighted by atomic mass is 32.1. The maximum Gasteiger partial charge on any atom is 0.252 e. The summed E-state index contributed by atoms with van der Waals surface area (Å²) in [5.74, 6) is 0.00917. The molecule has 4 nitrogen and oxygen atoms in total. The second-order valence-electron chi connectivity index (χ2n) is 4.21. The summed E-state index contributed by atoms with van der Waals surface area (Å²) in [6, 6.07) is 4.01. The molecular formula is C12H18N2O2S. The van der Waals surface area contributed by atoms with Crippen LogP contribution in [0.25, 0.3) is 0 Å². The van der Waals surface area contributed by atoms with Crippen LogP contribution in [0, 0.1) is 0 Å². The van der Waals surface area contributed by atoms with E-state index < -0.39 is 5.60 Å². The van der Waals surface area contributed by atoms with Gasteiger partial charge in [-0.1, -0.05) is 6.07 Å². The molecule has 1 aromatic heterocycles. The SMILES string of the molecule is COC1(C(=O)NCc2cccs2)CCNCC1. The highest BCUT2D eigenvalue weighted by Gasteiger charge is 2.39. The van der Waals surface area contributed by atoms with E-state index in [0.29, 0.717) is 6.54 Å². The third-order valence-electron chi connectivity index (χ3n) is 3.22. The Balaban J connectivity index is 1.93. The maximum absolute atomic E-state index is 12.2. The fraction of sp³-hybridized carbons (Fsp3) is 0.583. The van der Waals surface area contributed by atoms with Crippen LogP contribution < -0.4 is 10.6 Å². The van der Waals surface area contributed by atoms with Gasteiger partial charge in [0, 0.05) is 12.0 Å². The van der Waals surface area contributed by atoms with E-state index in [-0.39, 0.29) is 5.91 Å². The van der Waals surface area contributed by atoms with Crippen molar-refractivity contribution in [2.45, 2.75) is 25.0 Å². The minimum Gasteiger partial charge on any atom is -0.368 e. The average Bonchev–Trinajstić information content (AvgIpc) is 2.90. The molecule has 0 atom stereocenters. The number of nitrogens with one attached hydrogen (secondary N) is 2. The van der Waals surface area contributed by atoms with Gasteiger partial charge in [-0.15, -0.1) is 11.3 Å². The number of carbonyl (C=O) groups excluding carboxylic acids is 1. The number of ether oxygens (including phenoxy) is 1. The molecule has 2 heterocycles. The number of methoxy groups -OCH3 is 1. The lowest BCUT2D eigenvalue weighted by molar-refractivity contribution is -0.146. The quantitative estimate of drug-likeness (QED) is 0.847. The van der Waals surface area contributed by atoms with Crippen LogP contribution in [0.4, 0.5) is 0 Å². The third-order valence-corrected chi connectivity index (χ3v) is 4.10. The largest absolute Gasteiger partial charge is 0.368 e. The molecule has 0 radical (unpaired) electrons. The fourth-order valence-corrected chi connectivity index (χ4v) is 2.74. The van der Waals surface area contributed by atoms with Gasteiger partial charge in [-0.2, -0.15) is 0 Å². The molecule has 0 bridgehead atoms. The number of hydrogen-bond donors (Lipinski definition) is 2. The molecule has 2 rings (SSSR count). The van der Waals surface area contributed by atoms with Crippen LogP contribution in [0.15, 0.2) is 17.5 Å². The molecule has 1 aliphatic rings. The van der Waals surface area contributed by atoms with Gasteiger partial charge in [-0.3, -0.25) is 4.79 Å². The average molecular weight is 254 g/mol. The monoisotopic (exact) mass is 254 g/mol. The fourth-order valence-electron chi connectivity index (χ4n) is 2.10. The summed E-state index contributed by atoms with van der Waals surface area (Å²) < 4.78 is 5.46. The minimum absolute atomic E-state index is 0.00917. The van der Waals surface area contributed by atoms with Gasteiger partial charge in [0.25, 0.3) is 5.91 Å². The van der Waals surface area contributed by atoms with Crippen LogP contribution in [0.2, 0.25) is 0 Å². The first-order chi connectivity index (χ1) is 8.27. The molecule has 1 aromatic rings. The van der Waals surface area contributed by atoms with Crippen molar-refractivity contribution in [1.82, 2.24) is 10.6 Å². The predicted octanol–water partition coefficient (Wildman–Crippen LogP) is 1.13. The van der Waals surface area contributed by atoms with E-state index in [1.165, 1.54) is 4.88 Å². The summed E-state index contributed by atoms with van der Waals surface area (Å²) in [7, 11) is 1.62. The van der Waals surface area contributed by atoms with E-state index in [2.05, 4.69) is 10.6 Å². The zero-order chi connectivity index (χ0) is 12.1. The standard InChI is InChI=1S/C12H18N2O2S/c1-16-12(4-6-13-7-5-12)11(15)14-9-10-3-2-8-17-10/h2-3,8,13H,4-7,9H2,1H3,(H,14,15). The summed E-state index contributed by atoms with van der Waals surface area (Å²) >= 11 is 1.65. The van der Waals surface area contributed by atoms with E-state index in [9.17, 15) is 4.79 Å². The zero-order valence-corrected chi connectivity index (χ0v) is 10.8.